The number of hydrogen-bond acceptors (Lipinski definition) is 5. The highest BCUT2D eigenvalue weighted by atomic mass is 16.4. The summed E-state index contributed by atoms with van der Waals surface area (Å²) in [5.41, 5.74) is 0.0209. The van der Waals surface area contributed by atoms with E-state index in [-0.39, 0.29) is 24.9 Å². The molecule has 1 aromatic heterocycles. The van der Waals surface area contributed by atoms with Crippen LogP contribution in [0.2, 0.25) is 0 Å². The number of likely N-dealkylation sites (tertiary alicyclic amines) is 1. The molecule has 1 aliphatic rings. The first-order chi connectivity index (χ1) is 11.0. The molecule has 120 valence electrons. The Morgan fingerprint density at radius 2 is 2.00 bits per heavy atom. The number of β-amino-alcohol motifs (C(OH)–C–C–N with tert-alkyl or cyclic N) is 1. The number of amides is 1. The second-order valence-electron chi connectivity index (χ2n) is 5.51. The highest BCUT2D eigenvalue weighted by Gasteiger charge is 2.38. The standard InChI is InChI=1S/C15H15N3O5/c19-8-5-12(15(22)23)18(7-8)13(20)6-11-9-3-1-2-4-10(9)14(21)17-16-11/h1-4,8,12,19H,5-7H2,(H,17,21)(H,22,23)/t8-,12-/m1/s1. The molecule has 1 amide bonds. The zero-order valence-electron chi connectivity index (χ0n) is 12.1. The number of aliphatic carboxylic acids is 1. The first-order valence-corrected chi connectivity index (χ1v) is 7.14. The number of aliphatic hydroxyl groups excluding tert-OH is 1. The van der Waals surface area contributed by atoms with E-state index in [0.717, 1.165) is 4.90 Å². The molecule has 2 aromatic rings. The fourth-order valence-electron chi connectivity index (χ4n) is 2.87. The summed E-state index contributed by atoms with van der Waals surface area (Å²) in [5.74, 6) is -1.59. The monoisotopic (exact) mass is 317 g/mol. The molecule has 0 bridgehead atoms. The lowest BCUT2D eigenvalue weighted by Crippen LogP contribution is -2.41. The number of H-pyrrole nitrogens is 1. The molecule has 2 atom stereocenters. The Labute approximate surface area is 130 Å². The molecule has 2 heterocycles. The van der Waals surface area contributed by atoms with Crippen molar-refractivity contribution in [1.82, 2.24) is 15.1 Å². The van der Waals surface area contributed by atoms with Crippen molar-refractivity contribution in [2.75, 3.05) is 6.54 Å². The van der Waals surface area contributed by atoms with Crippen LogP contribution in [0.25, 0.3) is 10.8 Å². The lowest BCUT2D eigenvalue weighted by atomic mass is 10.1. The van der Waals surface area contributed by atoms with Gasteiger partial charge in [0.25, 0.3) is 5.56 Å². The number of nitrogens with zero attached hydrogens (tertiary/aromatic N) is 2. The van der Waals surface area contributed by atoms with Gasteiger partial charge in [-0.15, -0.1) is 0 Å². The van der Waals surface area contributed by atoms with Crippen LogP contribution in [0.3, 0.4) is 0 Å². The largest absolute Gasteiger partial charge is 0.480 e. The molecule has 1 aliphatic heterocycles. The van der Waals surface area contributed by atoms with E-state index in [1.54, 1.807) is 24.3 Å². The van der Waals surface area contributed by atoms with Gasteiger partial charge >= 0.3 is 5.97 Å². The Bertz CT molecular complexity index is 831. The predicted octanol–water partition coefficient (Wildman–Crippen LogP) is -0.488. The van der Waals surface area contributed by atoms with Crippen molar-refractivity contribution in [3.63, 3.8) is 0 Å². The van der Waals surface area contributed by atoms with Gasteiger partial charge in [-0.05, 0) is 6.07 Å². The molecular formula is C15H15N3O5. The number of aromatic nitrogens is 2. The Kier molecular flexibility index (Phi) is 3.83. The summed E-state index contributed by atoms with van der Waals surface area (Å²) in [6.45, 7) is -0.0168. The first-order valence-electron chi connectivity index (χ1n) is 7.14. The maximum Gasteiger partial charge on any atom is 0.326 e. The van der Waals surface area contributed by atoms with Crippen molar-refractivity contribution >= 4 is 22.6 Å². The summed E-state index contributed by atoms with van der Waals surface area (Å²) < 4.78 is 0. The van der Waals surface area contributed by atoms with E-state index in [0.29, 0.717) is 16.5 Å². The van der Waals surface area contributed by atoms with E-state index < -0.39 is 24.0 Å². The second kappa shape index (κ2) is 5.81. The van der Waals surface area contributed by atoms with Crippen LogP contribution in [0.1, 0.15) is 12.1 Å². The quantitative estimate of drug-likeness (QED) is 0.702. The van der Waals surface area contributed by atoms with Gasteiger partial charge in [0.05, 0.1) is 23.6 Å². The third kappa shape index (κ3) is 2.80. The third-order valence-electron chi connectivity index (χ3n) is 3.98. The molecule has 8 nitrogen and oxygen atoms in total. The molecule has 0 saturated carbocycles. The summed E-state index contributed by atoms with van der Waals surface area (Å²) in [5, 5.41) is 26.0. The van der Waals surface area contributed by atoms with Gasteiger partial charge in [0.2, 0.25) is 5.91 Å². The number of fused-ring (bicyclic) bond motifs is 1. The zero-order chi connectivity index (χ0) is 16.6. The van der Waals surface area contributed by atoms with E-state index in [1.165, 1.54) is 0 Å². The fraction of sp³-hybridized carbons (Fsp3) is 0.333. The van der Waals surface area contributed by atoms with Gasteiger partial charge in [0.1, 0.15) is 6.04 Å². The van der Waals surface area contributed by atoms with Crippen molar-refractivity contribution in [2.45, 2.75) is 25.0 Å². The molecule has 1 fully saturated rings. The van der Waals surface area contributed by atoms with Gasteiger partial charge in [-0.25, -0.2) is 9.89 Å². The van der Waals surface area contributed by atoms with Gasteiger partial charge in [0, 0.05) is 18.4 Å². The van der Waals surface area contributed by atoms with Crippen LogP contribution in [0.5, 0.6) is 0 Å². The lowest BCUT2D eigenvalue weighted by Gasteiger charge is -2.21. The molecule has 0 unspecified atom stereocenters. The summed E-state index contributed by atoms with van der Waals surface area (Å²) in [6.07, 6.45) is -0.977. The van der Waals surface area contributed by atoms with Gasteiger partial charge in [-0.3, -0.25) is 9.59 Å². The van der Waals surface area contributed by atoms with Crippen molar-refractivity contribution in [2.24, 2.45) is 0 Å². The van der Waals surface area contributed by atoms with Crippen LogP contribution in [0, 0.1) is 0 Å². The maximum atomic E-state index is 12.4. The summed E-state index contributed by atoms with van der Waals surface area (Å²) >= 11 is 0. The molecule has 0 radical (unpaired) electrons. The van der Waals surface area contributed by atoms with Crippen molar-refractivity contribution in [3.05, 3.63) is 40.3 Å². The molecule has 23 heavy (non-hydrogen) atoms. The van der Waals surface area contributed by atoms with Gasteiger partial charge in [0.15, 0.2) is 0 Å². The highest BCUT2D eigenvalue weighted by molar-refractivity contribution is 5.90. The van der Waals surface area contributed by atoms with Gasteiger partial charge in [-0.2, -0.15) is 5.10 Å². The number of aromatic amines is 1. The molecule has 8 heteroatoms. The van der Waals surface area contributed by atoms with Crippen LogP contribution in [-0.4, -0.2) is 55.9 Å². The smallest absolute Gasteiger partial charge is 0.326 e. The van der Waals surface area contributed by atoms with Crippen LogP contribution >= 0.6 is 0 Å². The lowest BCUT2D eigenvalue weighted by molar-refractivity contribution is -0.148. The second-order valence-corrected chi connectivity index (χ2v) is 5.51. The van der Waals surface area contributed by atoms with E-state index >= 15 is 0 Å². The predicted molar refractivity (Wildman–Crippen MR) is 79.8 cm³/mol. The fourth-order valence-corrected chi connectivity index (χ4v) is 2.87. The summed E-state index contributed by atoms with van der Waals surface area (Å²) in [4.78, 5) is 36.5. The van der Waals surface area contributed by atoms with E-state index in [1.807, 2.05) is 0 Å². The Hall–Kier alpha value is -2.74. The van der Waals surface area contributed by atoms with E-state index in [4.69, 9.17) is 5.11 Å². The van der Waals surface area contributed by atoms with Gasteiger partial charge < -0.3 is 15.1 Å². The Morgan fingerprint density at radius 3 is 2.70 bits per heavy atom. The minimum absolute atomic E-state index is 0.0148. The molecule has 1 aromatic carbocycles. The average Bonchev–Trinajstić information content (AvgIpc) is 2.93. The van der Waals surface area contributed by atoms with Crippen molar-refractivity contribution in [1.29, 1.82) is 0 Å². The summed E-state index contributed by atoms with van der Waals surface area (Å²) in [7, 11) is 0. The third-order valence-corrected chi connectivity index (χ3v) is 3.98. The molecule has 3 rings (SSSR count). The number of carbonyl (C=O) groups excluding carboxylic acids is 1. The molecule has 0 spiro atoms. The normalized spacial score (nSPS) is 20.8. The van der Waals surface area contributed by atoms with Gasteiger partial charge in [-0.1, -0.05) is 18.2 Å². The number of carbonyl (C=O) groups is 2. The molecule has 3 N–H and O–H groups in total. The number of rotatable bonds is 3. The van der Waals surface area contributed by atoms with Crippen LogP contribution in [-0.2, 0) is 16.0 Å². The number of aliphatic hydroxyl groups is 1. The average molecular weight is 317 g/mol. The van der Waals surface area contributed by atoms with Crippen molar-refractivity contribution < 1.29 is 19.8 Å². The van der Waals surface area contributed by atoms with Crippen LogP contribution in [0.4, 0.5) is 0 Å². The first kappa shape index (κ1) is 15.2. The highest BCUT2D eigenvalue weighted by Crippen LogP contribution is 2.20. The number of nitrogens with one attached hydrogen (secondary N) is 1. The van der Waals surface area contributed by atoms with Crippen LogP contribution < -0.4 is 5.56 Å². The minimum Gasteiger partial charge on any atom is -0.480 e. The number of carboxylic acid groups (broad SMARTS) is 1. The SMILES string of the molecule is O=C(O)[C@H]1C[C@@H](O)CN1C(=O)Cc1n[nH]c(=O)c2ccccc12. The summed E-state index contributed by atoms with van der Waals surface area (Å²) in [6, 6.07) is 5.72. The van der Waals surface area contributed by atoms with Crippen molar-refractivity contribution in [3.8, 4) is 0 Å². The topological polar surface area (TPSA) is 124 Å². The maximum absolute atomic E-state index is 12.4. The Morgan fingerprint density at radius 1 is 1.30 bits per heavy atom. The number of hydrogen-bond donors (Lipinski definition) is 3. The minimum atomic E-state index is -1.14. The van der Waals surface area contributed by atoms with Crippen LogP contribution in [0.15, 0.2) is 29.1 Å². The Balaban J connectivity index is 1.90. The van der Waals surface area contributed by atoms with E-state index in [2.05, 4.69) is 10.2 Å². The zero-order valence-corrected chi connectivity index (χ0v) is 12.1. The van der Waals surface area contributed by atoms with E-state index in [9.17, 15) is 19.5 Å². The molecule has 1 saturated heterocycles. The number of benzene rings is 1. The number of carboxylic acids is 1. The molecular weight excluding hydrogens is 302 g/mol. The molecule has 0 aliphatic carbocycles.